The number of carboxylic acids is 1. The number of unbranched alkanes of at least 4 members (excludes halogenated alkanes) is 2. The van der Waals surface area contributed by atoms with Crippen molar-refractivity contribution in [3.8, 4) is 0 Å². The number of hydrogen-bond acceptors (Lipinski definition) is 2. The van der Waals surface area contributed by atoms with Crippen LogP contribution in [0.3, 0.4) is 0 Å². The van der Waals surface area contributed by atoms with Crippen LogP contribution in [-0.4, -0.2) is 17.6 Å². The van der Waals surface area contributed by atoms with Gasteiger partial charge in [0.15, 0.2) is 0 Å². The van der Waals surface area contributed by atoms with Gasteiger partial charge in [-0.05, 0) is 6.42 Å². The lowest BCUT2D eigenvalue weighted by Crippen LogP contribution is -2.19. The van der Waals surface area contributed by atoms with Crippen LogP contribution >= 0.6 is 0 Å². The molecule has 11 heavy (non-hydrogen) atoms. The monoisotopic (exact) mass is 157 g/mol. The summed E-state index contributed by atoms with van der Waals surface area (Å²) < 4.78 is 0. The average Bonchev–Trinajstić information content (AvgIpc) is 1.97. The fraction of sp³-hybridized carbons (Fsp3) is 0.625. The highest BCUT2D eigenvalue weighted by Crippen LogP contribution is 1.92. The van der Waals surface area contributed by atoms with E-state index in [1.165, 1.54) is 0 Å². The molecule has 0 bridgehead atoms. The van der Waals surface area contributed by atoms with E-state index >= 15 is 0 Å². The lowest BCUT2D eigenvalue weighted by molar-refractivity contribution is -0.133. The second kappa shape index (κ2) is 5.77. The third-order valence-electron chi connectivity index (χ3n) is 1.38. The molecule has 0 amide bonds. The highest BCUT2D eigenvalue weighted by Gasteiger charge is 2.00. The molecule has 0 radical (unpaired) electrons. The number of aliphatic carboxylic acids is 1. The van der Waals surface area contributed by atoms with Crippen molar-refractivity contribution in [2.75, 3.05) is 6.54 Å². The molecular weight excluding hydrogens is 142 g/mol. The van der Waals surface area contributed by atoms with E-state index < -0.39 is 5.97 Å². The van der Waals surface area contributed by atoms with Crippen LogP contribution < -0.4 is 5.32 Å². The van der Waals surface area contributed by atoms with Crippen molar-refractivity contribution >= 4 is 5.97 Å². The van der Waals surface area contributed by atoms with Gasteiger partial charge in [0, 0.05) is 6.54 Å². The smallest absolute Gasteiger partial charge is 0.351 e. The Balaban J connectivity index is 3.25. The quantitative estimate of drug-likeness (QED) is 0.452. The van der Waals surface area contributed by atoms with Crippen LogP contribution in [0.2, 0.25) is 0 Å². The Morgan fingerprint density at radius 2 is 2.18 bits per heavy atom. The molecule has 3 heteroatoms. The van der Waals surface area contributed by atoms with E-state index in [2.05, 4.69) is 18.8 Å². The number of hydrogen-bond donors (Lipinski definition) is 2. The lowest BCUT2D eigenvalue weighted by atomic mass is 10.2. The van der Waals surface area contributed by atoms with Gasteiger partial charge < -0.3 is 10.4 Å². The first-order chi connectivity index (χ1) is 5.18. The Hall–Kier alpha value is -0.990. The van der Waals surface area contributed by atoms with Crippen molar-refractivity contribution in [1.82, 2.24) is 5.32 Å². The summed E-state index contributed by atoms with van der Waals surface area (Å²) in [4.78, 5) is 10.2. The van der Waals surface area contributed by atoms with E-state index in [1.54, 1.807) is 0 Å². The van der Waals surface area contributed by atoms with Crippen LogP contribution in [0.4, 0.5) is 0 Å². The van der Waals surface area contributed by atoms with Crippen LogP contribution in [0.5, 0.6) is 0 Å². The number of carboxylic acid groups (broad SMARTS) is 1. The predicted molar refractivity (Wildman–Crippen MR) is 44.3 cm³/mol. The largest absolute Gasteiger partial charge is 0.477 e. The van der Waals surface area contributed by atoms with E-state index in [9.17, 15) is 4.79 Å². The first kappa shape index (κ1) is 10.0. The van der Waals surface area contributed by atoms with Crippen molar-refractivity contribution in [3.05, 3.63) is 12.3 Å². The normalized spacial score (nSPS) is 9.18. The van der Waals surface area contributed by atoms with E-state index in [1.807, 2.05) is 0 Å². The molecule has 2 N–H and O–H groups in total. The summed E-state index contributed by atoms with van der Waals surface area (Å²) in [7, 11) is 0. The molecule has 64 valence electrons. The van der Waals surface area contributed by atoms with E-state index in [0.29, 0.717) is 6.54 Å². The Bertz CT molecular complexity index is 143. The van der Waals surface area contributed by atoms with Crippen molar-refractivity contribution in [2.45, 2.75) is 26.2 Å². The number of rotatable bonds is 6. The molecule has 0 aromatic rings. The molecule has 0 aromatic carbocycles. The summed E-state index contributed by atoms with van der Waals surface area (Å²) in [6.07, 6.45) is 3.27. The zero-order chi connectivity index (χ0) is 8.69. The molecule has 0 saturated heterocycles. The lowest BCUT2D eigenvalue weighted by Gasteiger charge is -2.03. The summed E-state index contributed by atoms with van der Waals surface area (Å²) >= 11 is 0. The highest BCUT2D eigenvalue weighted by molar-refractivity contribution is 5.84. The van der Waals surface area contributed by atoms with Gasteiger partial charge in [-0.1, -0.05) is 26.3 Å². The third-order valence-corrected chi connectivity index (χ3v) is 1.38. The number of nitrogens with one attached hydrogen (secondary N) is 1. The van der Waals surface area contributed by atoms with Gasteiger partial charge in [0.25, 0.3) is 0 Å². The van der Waals surface area contributed by atoms with Crippen molar-refractivity contribution < 1.29 is 9.90 Å². The minimum atomic E-state index is -0.971. The number of carbonyl (C=O) groups is 1. The van der Waals surface area contributed by atoms with E-state index in [4.69, 9.17) is 5.11 Å². The summed E-state index contributed by atoms with van der Waals surface area (Å²) in [6, 6.07) is 0. The molecule has 0 heterocycles. The summed E-state index contributed by atoms with van der Waals surface area (Å²) in [6.45, 7) is 6.15. The maximum absolute atomic E-state index is 10.2. The molecule has 0 atom stereocenters. The van der Waals surface area contributed by atoms with Crippen molar-refractivity contribution in [2.24, 2.45) is 0 Å². The standard InChI is InChI=1S/C8H15NO2/c1-3-4-5-6-9-7(2)8(10)11/h9H,2-6H2,1H3,(H,10,11). The zero-order valence-corrected chi connectivity index (χ0v) is 6.89. The van der Waals surface area contributed by atoms with Gasteiger partial charge in [-0.3, -0.25) is 0 Å². The topological polar surface area (TPSA) is 49.3 Å². The fourth-order valence-electron chi connectivity index (χ4n) is 0.690. The maximum atomic E-state index is 10.2. The van der Waals surface area contributed by atoms with Crippen molar-refractivity contribution in [1.29, 1.82) is 0 Å². The van der Waals surface area contributed by atoms with Gasteiger partial charge in [0.05, 0.1) is 0 Å². The van der Waals surface area contributed by atoms with Gasteiger partial charge in [-0.25, -0.2) is 4.79 Å². The molecule has 0 saturated carbocycles. The fourth-order valence-corrected chi connectivity index (χ4v) is 0.690. The Morgan fingerprint density at radius 1 is 1.55 bits per heavy atom. The van der Waals surface area contributed by atoms with Gasteiger partial charge >= 0.3 is 5.97 Å². The summed E-state index contributed by atoms with van der Waals surface area (Å²) in [5.74, 6) is -0.971. The molecule has 0 fully saturated rings. The molecule has 3 nitrogen and oxygen atoms in total. The predicted octanol–water partition coefficient (Wildman–Crippen LogP) is 1.36. The Morgan fingerprint density at radius 3 is 2.64 bits per heavy atom. The van der Waals surface area contributed by atoms with E-state index in [0.717, 1.165) is 19.3 Å². The zero-order valence-electron chi connectivity index (χ0n) is 6.89. The first-order valence-corrected chi connectivity index (χ1v) is 3.84. The Labute approximate surface area is 67.1 Å². The molecule has 0 aliphatic carbocycles. The van der Waals surface area contributed by atoms with Crippen LogP contribution in [-0.2, 0) is 4.79 Å². The van der Waals surface area contributed by atoms with Crippen LogP contribution in [0.15, 0.2) is 12.3 Å². The molecule has 0 rings (SSSR count). The second-order valence-electron chi connectivity index (χ2n) is 2.42. The minimum Gasteiger partial charge on any atom is -0.477 e. The van der Waals surface area contributed by atoms with Gasteiger partial charge in [-0.2, -0.15) is 0 Å². The molecule has 0 aliphatic heterocycles. The average molecular weight is 157 g/mol. The van der Waals surface area contributed by atoms with Gasteiger partial charge in [0.2, 0.25) is 0 Å². The molecule has 0 aliphatic rings. The van der Waals surface area contributed by atoms with Crippen LogP contribution in [0.25, 0.3) is 0 Å². The van der Waals surface area contributed by atoms with Crippen LogP contribution in [0, 0.1) is 0 Å². The summed E-state index contributed by atoms with van der Waals surface area (Å²) in [5, 5.41) is 11.1. The van der Waals surface area contributed by atoms with Gasteiger partial charge in [-0.15, -0.1) is 0 Å². The van der Waals surface area contributed by atoms with Crippen LogP contribution in [0.1, 0.15) is 26.2 Å². The highest BCUT2D eigenvalue weighted by atomic mass is 16.4. The summed E-state index contributed by atoms with van der Waals surface area (Å²) in [5.41, 5.74) is 0.0844. The van der Waals surface area contributed by atoms with Gasteiger partial charge in [0.1, 0.15) is 5.70 Å². The van der Waals surface area contributed by atoms with E-state index in [-0.39, 0.29) is 5.70 Å². The molecule has 0 unspecified atom stereocenters. The molecular formula is C8H15NO2. The SMILES string of the molecule is C=C(NCCCCC)C(=O)O. The van der Waals surface area contributed by atoms with Crippen molar-refractivity contribution in [3.63, 3.8) is 0 Å². The molecule has 0 aromatic heterocycles. The molecule has 0 spiro atoms. The Kier molecular flexibility index (Phi) is 5.25. The third kappa shape index (κ3) is 5.45. The first-order valence-electron chi connectivity index (χ1n) is 3.84. The minimum absolute atomic E-state index is 0.0844. The second-order valence-corrected chi connectivity index (χ2v) is 2.42. The maximum Gasteiger partial charge on any atom is 0.351 e.